The molecule has 1 amide bonds. The van der Waals surface area contributed by atoms with E-state index in [-0.39, 0.29) is 5.91 Å². The molecular formula is C19H26N4OS. The summed E-state index contributed by atoms with van der Waals surface area (Å²) in [6.07, 6.45) is 2.39. The maximum Gasteiger partial charge on any atom is 0.264 e. The Morgan fingerprint density at radius 1 is 1.12 bits per heavy atom. The van der Waals surface area contributed by atoms with Gasteiger partial charge in [0.25, 0.3) is 5.91 Å². The first-order valence-corrected chi connectivity index (χ1v) is 10.1. The molecule has 0 atom stereocenters. The molecule has 1 saturated heterocycles. The number of carbonyl (C=O) groups is 1. The third-order valence-corrected chi connectivity index (χ3v) is 6.63. The monoisotopic (exact) mass is 358 g/mol. The van der Waals surface area contributed by atoms with Crippen LogP contribution in [0.1, 0.15) is 59.4 Å². The lowest BCUT2D eigenvalue weighted by Crippen LogP contribution is -2.50. The highest BCUT2D eigenvalue weighted by Gasteiger charge is 2.30. The van der Waals surface area contributed by atoms with Crippen molar-refractivity contribution in [1.29, 1.82) is 0 Å². The van der Waals surface area contributed by atoms with Gasteiger partial charge in [-0.3, -0.25) is 9.69 Å². The van der Waals surface area contributed by atoms with Gasteiger partial charge in [0, 0.05) is 43.5 Å². The number of amides is 1. The summed E-state index contributed by atoms with van der Waals surface area (Å²) in [7, 11) is 0. The zero-order chi connectivity index (χ0) is 17.7. The highest BCUT2D eigenvalue weighted by Crippen LogP contribution is 2.40. The molecular weight excluding hydrogens is 332 g/mol. The van der Waals surface area contributed by atoms with Crippen LogP contribution in [0.25, 0.3) is 10.2 Å². The van der Waals surface area contributed by atoms with Crippen LogP contribution in [0.2, 0.25) is 0 Å². The fraction of sp³-hybridized carbons (Fsp3) is 0.632. The highest BCUT2D eigenvalue weighted by molar-refractivity contribution is 7.20. The fourth-order valence-electron chi connectivity index (χ4n) is 3.67. The van der Waals surface area contributed by atoms with Gasteiger partial charge >= 0.3 is 0 Å². The normalized spacial score (nSPS) is 19.2. The van der Waals surface area contributed by atoms with Gasteiger partial charge in [0.05, 0.1) is 10.6 Å². The first-order chi connectivity index (χ1) is 12.0. The number of carbonyl (C=O) groups excluding carboxylic acids is 1. The van der Waals surface area contributed by atoms with Gasteiger partial charge in [-0.05, 0) is 46.1 Å². The van der Waals surface area contributed by atoms with Crippen molar-refractivity contribution < 1.29 is 4.79 Å². The van der Waals surface area contributed by atoms with Crippen molar-refractivity contribution in [3.05, 3.63) is 22.0 Å². The molecule has 2 fully saturated rings. The van der Waals surface area contributed by atoms with Crippen LogP contribution in [0.3, 0.4) is 0 Å². The Hall–Kier alpha value is -1.53. The van der Waals surface area contributed by atoms with Gasteiger partial charge in [-0.15, -0.1) is 11.3 Å². The van der Waals surface area contributed by atoms with E-state index in [1.807, 2.05) is 18.7 Å². The molecule has 1 saturated carbocycles. The number of piperazine rings is 1. The van der Waals surface area contributed by atoms with E-state index in [0.717, 1.165) is 58.4 Å². The fourth-order valence-corrected chi connectivity index (χ4v) is 4.88. The van der Waals surface area contributed by atoms with Gasteiger partial charge in [-0.2, -0.15) is 0 Å². The second kappa shape index (κ2) is 6.32. The number of fused-ring (bicyclic) bond motifs is 1. The van der Waals surface area contributed by atoms with Gasteiger partial charge in [-0.1, -0.05) is 0 Å². The van der Waals surface area contributed by atoms with Crippen molar-refractivity contribution in [2.24, 2.45) is 0 Å². The third kappa shape index (κ3) is 3.06. The first-order valence-electron chi connectivity index (χ1n) is 9.26. The number of hydrogen-bond donors (Lipinski definition) is 0. The van der Waals surface area contributed by atoms with Crippen molar-refractivity contribution in [3.8, 4) is 0 Å². The first kappa shape index (κ1) is 16.9. The lowest BCUT2D eigenvalue weighted by atomic mass is 10.1. The highest BCUT2D eigenvalue weighted by atomic mass is 32.1. The minimum Gasteiger partial charge on any atom is -0.335 e. The summed E-state index contributed by atoms with van der Waals surface area (Å²) in [5, 5.41) is 1.08. The zero-order valence-corrected chi connectivity index (χ0v) is 16.3. The van der Waals surface area contributed by atoms with E-state index in [2.05, 4.69) is 18.7 Å². The van der Waals surface area contributed by atoms with Crippen molar-refractivity contribution >= 4 is 27.5 Å². The Kier molecular flexibility index (Phi) is 4.28. The van der Waals surface area contributed by atoms with Crippen LogP contribution in [-0.4, -0.2) is 57.9 Å². The molecule has 4 rings (SSSR count). The Bertz CT molecular complexity index is 816. The average Bonchev–Trinajstić information content (AvgIpc) is 3.38. The molecule has 25 heavy (non-hydrogen) atoms. The minimum atomic E-state index is 0.163. The molecule has 2 aromatic rings. The van der Waals surface area contributed by atoms with Gasteiger partial charge in [-0.25, -0.2) is 9.97 Å². The zero-order valence-electron chi connectivity index (χ0n) is 15.5. The second-order valence-electron chi connectivity index (χ2n) is 7.60. The Balaban J connectivity index is 1.62. The van der Waals surface area contributed by atoms with Gasteiger partial charge in [0.2, 0.25) is 0 Å². The minimum absolute atomic E-state index is 0.163. The number of thiophene rings is 1. The molecule has 0 radical (unpaired) electrons. The lowest BCUT2D eigenvalue weighted by Gasteiger charge is -2.36. The summed E-state index contributed by atoms with van der Waals surface area (Å²) in [6.45, 7) is 12.1. The van der Waals surface area contributed by atoms with E-state index < -0.39 is 0 Å². The van der Waals surface area contributed by atoms with E-state index >= 15 is 0 Å². The smallest absolute Gasteiger partial charge is 0.264 e. The van der Waals surface area contributed by atoms with Gasteiger partial charge in [0.15, 0.2) is 0 Å². The van der Waals surface area contributed by atoms with E-state index in [0.29, 0.717) is 12.0 Å². The van der Waals surface area contributed by atoms with Crippen LogP contribution >= 0.6 is 11.3 Å². The number of aryl methyl sites for hydroxylation is 2. The van der Waals surface area contributed by atoms with E-state index in [4.69, 9.17) is 9.97 Å². The standard InChI is InChI=1S/C19H26N4OS/c1-11(2)22-7-9-23(10-8-22)19(24)16-12(3)15-13(4)20-17(14-5-6-14)21-18(15)25-16/h11,14H,5-10H2,1-4H3. The van der Waals surface area contributed by atoms with Gasteiger partial charge in [0.1, 0.15) is 10.7 Å². The molecule has 2 aromatic heterocycles. The van der Waals surface area contributed by atoms with Crippen molar-refractivity contribution in [2.75, 3.05) is 26.2 Å². The maximum absolute atomic E-state index is 13.1. The Morgan fingerprint density at radius 3 is 2.40 bits per heavy atom. The summed E-state index contributed by atoms with van der Waals surface area (Å²) in [5.74, 6) is 1.67. The van der Waals surface area contributed by atoms with Crippen LogP contribution in [0, 0.1) is 13.8 Å². The molecule has 0 unspecified atom stereocenters. The number of nitrogens with zero attached hydrogens (tertiary/aromatic N) is 4. The average molecular weight is 359 g/mol. The lowest BCUT2D eigenvalue weighted by molar-refractivity contribution is 0.0599. The molecule has 0 aromatic carbocycles. The summed E-state index contributed by atoms with van der Waals surface area (Å²) in [6, 6.07) is 0.544. The summed E-state index contributed by atoms with van der Waals surface area (Å²) >= 11 is 1.55. The maximum atomic E-state index is 13.1. The predicted molar refractivity (Wildman–Crippen MR) is 101 cm³/mol. The second-order valence-corrected chi connectivity index (χ2v) is 8.60. The van der Waals surface area contributed by atoms with Crippen LogP contribution < -0.4 is 0 Å². The molecule has 1 aliphatic carbocycles. The van der Waals surface area contributed by atoms with Crippen molar-refractivity contribution in [1.82, 2.24) is 19.8 Å². The molecule has 5 nitrogen and oxygen atoms in total. The van der Waals surface area contributed by atoms with Crippen LogP contribution in [0.5, 0.6) is 0 Å². The molecule has 0 bridgehead atoms. The van der Waals surface area contributed by atoms with E-state index in [9.17, 15) is 4.79 Å². The third-order valence-electron chi connectivity index (χ3n) is 5.46. The van der Waals surface area contributed by atoms with Crippen LogP contribution in [0.15, 0.2) is 0 Å². The number of hydrogen-bond acceptors (Lipinski definition) is 5. The summed E-state index contributed by atoms with van der Waals surface area (Å²) < 4.78 is 0. The van der Waals surface area contributed by atoms with Crippen molar-refractivity contribution in [3.63, 3.8) is 0 Å². The van der Waals surface area contributed by atoms with Gasteiger partial charge < -0.3 is 4.90 Å². The molecule has 6 heteroatoms. The van der Waals surface area contributed by atoms with Crippen molar-refractivity contribution in [2.45, 2.75) is 52.5 Å². The molecule has 2 aliphatic rings. The predicted octanol–water partition coefficient (Wildman–Crippen LogP) is 3.35. The van der Waals surface area contributed by atoms with E-state index in [1.54, 1.807) is 11.3 Å². The van der Waals surface area contributed by atoms with Crippen LogP contribution in [0.4, 0.5) is 0 Å². The SMILES string of the molecule is Cc1nc(C2CC2)nc2sc(C(=O)N3CCN(C(C)C)CC3)c(C)c12. The molecule has 0 N–H and O–H groups in total. The summed E-state index contributed by atoms with van der Waals surface area (Å²) in [5.41, 5.74) is 2.07. The Morgan fingerprint density at radius 2 is 1.80 bits per heavy atom. The number of aromatic nitrogens is 2. The van der Waals surface area contributed by atoms with E-state index in [1.165, 1.54) is 12.8 Å². The van der Waals surface area contributed by atoms with Crippen LogP contribution in [-0.2, 0) is 0 Å². The molecule has 3 heterocycles. The molecule has 1 aliphatic heterocycles. The number of rotatable bonds is 3. The molecule has 134 valence electrons. The topological polar surface area (TPSA) is 49.3 Å². The largest absolute Gasteiger partial charge is 0.335 e. The quantitative estimate of drug-likeness (QED) is 0.844. The molecule has 0 spiro atoms. The summed E-state index contributed by atoms with van der Waals surface area (Å²) in [4.78, 5) is 28.8. The Labute approximate surface area is 153 Å².